The van der Waals surface area contributed by atoms with E-state index in [0.29, 0.717) is 23.7 Å². The summed E-state index contributed by atoms with van der Waals surface area (Å²) in [6, 6.07) is 23.5. The highest BCUT2D eigenvalue weighted by Crippen LogP contribution is 2.28. The molecular weight excluding hydrogens is 362 g/mol. The van der Waals surface area contributed by atoms with Crippen LogP contribution in [-0.4, -0.2) is 22.4 Å². The van der Waals surface area contributed by atoms with Crippen LogP contribution in [0.1, 0.15) is 16.9 Å². The molecule has 0 atom stereocenters. The lowest BCUT2D eigenvalue weighted by molar-refractivity contribution is -0.120. The number of hydrogen-bond donors (Lipinski definition) is 0. The smallest absolute Gasteiger partial charge is 0.282 e. The molecule has 5 nitrogen and oxygen atoms in total. The Bertz CT molecular complexity index is 1170. The molecule has 3 aromatic rings. The lowest BCUT2D eigenvalue weighted by Crippen LogP contribution is -2.36. The number of amidine groups is 1. The highest BCUT2D eigenvalue weighted by atomic mass is 16.3. The van der Waals surface area contributed by atoms with Gasteiger partial charge in [-0.15, -0.1) is 0 Å². The normalized spacial score (nSPS) is 17.1. The molecule has 0 N–H and O–H groups in total. The van der Waals surface area contributed by atoms with Gasteiger partial charge in [-0.3, -0.25) is 9.69 Å². The molecule has 1 amide bonds. The summed E-state index contributed by atoms with van der Waals surface area (Å²) in [5.74, 6) is 0.966. The Balaban J connectivity index is 1.58. The second-order valence-electron chi connectivity index (χ2n) is 6.76. The summed E-state index contributed by atoms with van der Waals surface area (Å²) in [5, 5.41) is 0. The summed E-state index contributed by atoms with van der Waals surface area (Å²) in [6.45, 7) is 0. The van der Waals surface area contributed by atoms with Crippen LogP contribution in [0.15, 0.2) is 105 Å². The molecule has 0 saturated heterocycles. The van der Waals surface area contributed by atoms with Crippen molar-refractivity contribution in [2.75, 3.05) is 0 Å². The van der Waals surface area contributed by atoms with E-state index in [-0.39, 0.29) is 5.91 Å². The van der Waals surface area contributed by atoms with Crippen molar-refractivity contribution < 1.29 is 9.21 Å². The van der Waals surface area contributed by atoms with Gasteiger partial charge in [0.25, 0.3) is 5.91 Å². The number of carbonyl (C=O) groups excluding carboxylic acids is 1. The molecule has 5 heteroatoms. The van der Waals surface area contributed by atoms with Gasteiger partial charge < -0.3 is 4.42 Å². The number of benzene rings is 2. The third-order valence-electron chi connectivity index (χ3n) is 4.76. The molecule has 0 spiro atoms. The molecule has 2 aliphatic heterocycles. The van der Waals surface area contributed by atoms with Gasteiger partial charge in [-0.05, 0) is 17.7 Å². The SMILES string of the molecule is O=C1/C(=C/c2ccco2)N=C2C(Cc3ccccc3)=NC(c3ccccc3)=CN12. The van der Waals surface area contributed by atoms with Crippen LogP contribution in [0.4, 0.5) is 0 Å². The zero-order chi connectivity index (χ0) is 19.6. The fourth-order valence-corrected chi connectivity index (χ4v) is 3.36. The molecule has 1 aromatic heterocycles. The Kier molecular flexibility index (Phi) is 4.26. The Morgan fingerprint density at radius 2 is 1.66 bits per heavy atom. The third kappa shape index (κ3) is 3.34. The van der Waals surface area contributed by atoms with Crippen LogP contribution in [0.2, 0.25) is 0 Å². The number of hydrogen-bond acceptors (Lipinski definition) is 4. The van der Waals surface area contributed by atoms with Gasteiger partial charge in [0.15, 0.2) is 5.84 Å². The maximum Gasteiger partial charge on any atom is 0.282 e. The number of rotatable bonds is 4. The number of fused-ring (bicyclic) bond motifs is 1. The van der Waals surface area contributed by atoms with Crippen LogP contribution in [0.5, 0.6) is 0 Å². The largest absolute Gasteiger partial charge is 0.465 e. The minimum Gasteiger partial charge on any atom is -0.465 e. The fraction of sp³-hybridized carbons (Fsp3) is 0.0417. The van der Waals surface area contributed by atoms with E-state index in [1.165, 1.54) is 0 Å². The molecule has 2 aromatic carbocycles. The van der Waals surface area contributed by atoms with E-state index in [1.54, 1.807) is 35.6 Å². The quantitative estimate of drug-likeness (QED) is 0.624. The molecular formula is C24H17N3O2. The molecule has 29 heavy (non-hydrogen) atoms. The van der Waals surface area contributed by atoms with E-state index in [0.717, 1.165) is 22.5 Å². The van der Waals surface area contributed by atoms with Crippen LogP contribution in [0, 0.1) is 0 Å². The minimum atomic E-state index is -0.190. The summed E-state index contributed by atoms with van der Waals surface area (Å²) in [4.78, 5) is 24.1. The topological polar surface area (TPSA) is 58.2 Å². The maximum atomic E-state index is 13.0. The van der Waals surface area contributed by atoms with Crippen LogP contribution >= 0.6 is 0 Å². The maximum absolute atomic E-state index is 13.0. The van der Waals surface area contributed by atoms with Crippen molar-refractivity contribution in [3.8, 4) is 0 Å². The monoisotopic (exact) mass is 379 g/mol. The fourth-order valence-electron chi connectivity index (χ4n) is 3.36. The molecule has 0 radical (unpaired) electrons. The Hall–Kier alpha value is -3.99. The van der Waals surface area contributed by atoms with Gasteiger partial charge in [0.1, 0.15) is 11.5 Å². The molecule has 2 aliphatic rings. The summed E-state index contributed by atoms with van der Waals surface area (Å²) in [7, 11) is 0. The number of furan rings is 1. The van der Waals surface area contributed by atoms with Crippen molar-refractivity contribution in [1.29, 1.82) is 0 Å². The van der Waals surface area contributed by atoms with Crippen LogP contribution in [0.25, 0.3) is 11.8 Å². The average Bonchev–Trinajstić information content (AvgIpc) is 3.38. The third-order valence-corrected chi connectivity index (χ3v) is 4.76. The molecule has 0 saturated carbocycles. The molecule has 140 valence electrons. The second kappa shape index (κ2) is 7.20. The van der Waals surface area contributed by atoms with Crippen molar-refractivity contribution in [1.82, 2.24) is 4.90 Å². The summed E-state index contributed by atoms with van der Waals surface area (Å²) < 4.78 is 5.35. The zero-order valence-electron chi connectivity index (χ0n) is 15.5. The standard InChI is InChI=1S/C24H17N3O2/c28-24-21(15-19-12-7-13-29-19)26-23-20(14-17-8-3-1-4-9-17)25-22(16-27(23)24)18-10-5-2-6-11-18/h1-13,15-16H,14H2/b21-15-. The van der Waals surface area contributed by atoms with Crippen LogP contribution in [-0.2, 0) is 11.2 Å². The highest BCUT2D eigenvalue weighted by Gasteiger charge is 2.35. The first-order chi connectivity index (χ1) is 14.3. The van der Waals surface area contributed by atoms with Gasteiger partial charge in [0.05, 0.1) is 17.7 Å². The van der Waals surface area contributed by atoms with Gasteiger partial charge in [0, 0.05) is 24.3 Å². The van der Waals surface area contributed by atoms with Gasteiger partial charge >= 0.3 is 0 Å². The Morgan fingerprint density at radius 3 is 2.38 bits per heavy atom. The van der Waals surface area contributed by atoms with Crippen LogP contribution < -0.4 is 0 Å². The molecule has 0 fully saturated rings. The summed E-state index contributed by atoms with van der Waals surface area (Å²) in [5.41, 5.74) is 3.89. The average molecular weight is 379 g/mol. The van der Waals surface area contributed by atoms with E-state index in [4.69, 9.17) is 9.41 Å². The predicted molar refractivity (Wildman–Crippen MR) is 113 cm³/mol. The number of carbonyl (C=O) groups is 1. The Labute approximate surface area is 168 Å². The first kappa shape index (κ1) is 17.1. The molecule has 0 bridgehead atoms. The van der Waals surface area contributed by atoms with E-state index >= 15 is 0 Å². The van der Waals surface area contributed by atoms with Gasteiger partial charge in [-0.1, -0.05) is 60.7 Å². The van der Waals surface area contributed by atoms with Crippen molar-refractivity contribution in [3.63, 3.8) is 0 Å². The molecule has 0 unspecified atom stereocenters. The molecule has 5 rings (SSSR count). The number of amides is 1. The lowest BCUT2D eigenvalue weighted by Gasteiger charge is -2.21. The minimum absolute atomic E-state index is 0.190. The van der Waals surface area contributed by atoms with Gasteiger partial charge in [0.2, 0.25) is 0 Å². The van der Waals surface area contributed by atoms with Gasteiger partial charge in [-0.2, -0.15) is 0 Å². The second-order valence-corrected chi connectivity index (χ2v) is 6.76. The zero-order valence-corrected chi connectivity index (χ0v) is 15.5. The first-order valence-corrected chi connectivity index (χ1v) is 9.34. The van der Waals surface area contributed by atoms with Crippen molar-refractivity contribution >= 4 is 29.2 Å². The van der Waals surface area contributed by atoms with Crippen molar-refractivity contribution in [3.05, 3.63) is 108 Å². The number of aliphatic imine (C=N–C) groups is 2. The van der Waals surface area contributed by atoms with Crippen molar-refractivity contribution in [2.45, 2.75) is 6.42 Å². The summed E-state index contributed by atoms with van der Waals surface area (Å²) in [6.07, 6.45) is 5.57. The Morgan fingerprint density at radius 1 is 0.897 bits per heavy atom. The predicted octanol–water partition coefficient (Wildman–Crippen LogP) is 4.56. The van der Waals surface area contributed by atoms with E-state index in [1.807, 2.05) is 60.7 Å². The summed E-state index contributed by atoms with van der Waals surface area (Å²) >= 11 is 0. The van der Waals surface area contributed by atoms with E-state index in [2.05, 4.69) is 4.99 Å². The highest BCUT2D eigenvalue weighted by molar-refractivity contribution is 6.48. The van der Waals surface area contributed by atoms with E-state index < -0.39 is 0 Å². The first-order valence-electron chi connectivity index (χ1n) is 9.34. The van der Waals surface area contributed by atoms with Gasteiger partial charge in [-0.25, -0.2) is 9.98 Å². The molecule has 0 aliphatic carbocycles. The van der Waals surface area contributed by atoms with E-state index in [9.17, 15) is 4.79 Å². The molecule has 3 heterocycles. The number of nitrogens with zero attached hydrogens (tertiary/aromatic N) is 3. The van der Waals surface area contributed by atoms with Crippen LogP contribution in [0.3, 0.4) is 0 Å². The van der Waals surface area contributed by atoms with Crippen molar-refractivity contribution in [2.24, 2.45) is 9.98 Å². The lowest BCUT2D eigenvalue weighted by atomic mass is 10.1.